The molecule has 0 saturated carbocycles. The summed E-state index contributed by atoms with van der Waals surface area (Å²) in [4.78, 5) is 4.07. The van der Waals surface area contributed by atoms with Gasteiger partial charge in [-0.05, 0) is 17.7 Å². The van der Waals surface area contributed by atoms with Crippen LogP contribution in [0, 0.1) is 11.6 Å². The van der Waals surface area contributed by atoms with E-state index in [1.54, 1.807) is 0 Å². The average Bonchev–Trinajstić information content (AvgIpc) is 2.99. The van der Waals surface area contributed by atoms with E-state index in [-0.39, 0.29) is 6.54 Å². The molecular weight excluding hydrogens is 280 g/mol. The lowest BCUT2D eigenvalue weighted by Crippen LogP contribution is -2.47. The Morgan fingerprint density at radius 3 is 2.67 bits per heavy atom. The summed E-state index contributed by atoms with van der Waals surface area (Å²) in [6, 6.07) is 3.60. The molecule has 0 saturated heterocycles. The highest BCUT2D eigenvalue weighted by molar-refractivity contribution is 5.68. The molecule has 0 atom stereocenters. The Bertz CT molecular complexity index is 748. The van der Waals surface area contributed by atoms with Crippen LogP contribution < -0.4 is 11.5 Å². The second-order valence-electron chi connectivity index (χ2n) is 4.57. The molecule has 7 nitrogen and oxygen atoms in total. The van der Waals surface area contributed by atoms with Gasteiger partial charge in [0.2, 0.25) is 5.79 Å². The van der Waals surface area contributed by atoms with Crippen LogP contribution in [0.1, 0.15) is 11.4 Å². The molecule has 2 aromatic rings. The van der Waals surface area contributed by atoms with Gasteiger partial charge in [-0.15, -0.1) is 5.11 Å². The molecule has 1 aromatic carbocycles. The molecule has 4 N–H and O–H groups in total. The van der Waals surface area contributed by atoms with Gasteiger partial charge in [0.25, 0.3) is 0 Å². The Hall–Kier alpha value is -2.52. The Morgan fingerprint density at radius 1 is 1.19 bits per heavy atom. The van der Waals surface area contributed by atoms with Crippen molar-refractivity contribution in [3.8, 4) is 0 Å². The zero-order chi connectivity index (χ0) is 15.0. The zero-order valence-electron chi connectivity index (χ0n) is 10.7. The van der Waals surface area contributed by atoms with Crippen LogP contribution in [0.4, 0.5) is 8.78 Å². The number of aromatic nitrogens is 3. The Balaban J connectivity index is 1.91. The van der Waals surface area contributed by atoms with Crippen molar-refractivity contribution >= 4 is 5.57 Å². The van der Waals surface area contributed by atoms with Crippen LogP contribution in [-0.4, -0.2) is 20.6 Å². The van der Waals surface area contributed by atoms with E-state index in [1.165, 1.54) is 23.3 Å². The molecule has 108 valence electrons. The van der Waals surface area contributed by atoms with Crippen molar-refractivity contribution in [2.45, 2.75) is 12.3 Å². The fraction of sp³-hybridized carbons (Fsp3) is 0.167. The highest BCUT2D eigenvalue weighted by atomic mass is 19.2. The van der Waals surface area contributed by atoms with Gasteiger partial charge in [0.15, 0.2) is 17.5 Å². The first-order chi connectivity index (χ1) is 9.97. The maximum atomic E-state index is 13.2. The van der Waals surface area contributed by atoms with E-state index < -0.39 is 17.4 Å². The minimum absolute atomic E-state index is 0.181. The first-order valence-corrected chi connectivity index (χ1v) is 6.00. The largest absolute Gasteiger partial charge is 0.289 e. The van der Waals surface area contributed by atoms with Gasteiger partial charge < -0.3 is 0 Å². The topological polar surface area (TPSA) is 107 Å². The van der Waals surface area contributed by atoms with Gasteiger partial charge >= 0.3 is 0 Å². The number of rotatable bonds is 3. The van der Waals surface area contributed by atoms with Crippen LogP contribution in [0.3, 0.4) is 0 Å². The monoisotopic (exact) mass is 291 g/mol. The lowest BCUT2D eigenvalue weighted by atomic mass is 10.1. The van der Waals surface area contributed by atoms with Crippen LogP contribution >= 0.6 is 0 Å². The van der Waals surface area contributed by atoms with Crippen molar-refractivity contribution in [3.05, 3.63) is 53.7 Å². The summed E-state index contributed by atoms with van der Waals surface area (Å²) in [5.41, 5.74) is 12.5. The molecule has 2 heterocycles. The summed E-state index contributed by atoms with van der Waals surface area (Å²) in [6.07, 6.45) is 2.70. The second-order valence-corrected chi connectivity index (χ2v) is 4.57. The first kappa shape index (κ1) is 13.5. The predicted octanol–water partition coefficient (Wildman–Crippen LogP) is 0.982. The Morgan fingerprint density at radius 2 is 2.00 bits per heavy atom. The summed E-state index contributed by atoms with van der Waals surface area (Å²) in [6.45, 7) is 0.181. The maximum absolute atomic E-state index is 13.2. The molecule has 0 radical (unpaired) electrons. The van der Waals surface area contributed by atoms with Crippen LogP contribution in [-0.2, 0) is 6.54 Å². The van der Waals surface area contributed by atoms with Crippen molar-refractivity contribution in [2.75, 3.05) is 0 Å². The zero-order valence-corrected chi connectivity index (χ0v) is 10.7. The molecule has 9 heteroatoms. The molecule has 21 heavy (non-hydrogen) atoms. The summed E-state index contributed by atoms with van der Waals surface area (Å²) in [7, 11) is 0. The summed E-state index contributed by atoms with van der Waals surface area (Å²) < 4.78 is 27.6. The SMILES string of the molecule is NC1(N)N=NC=C1c1ncnn1Cc1ccc(F)c(F)c1. The number of hydrogen-bond donors (Lipinski definition) is 2. The van der Waals surface area contributed by atoms with Crippen molar-refractivity contribution < 1.29 is 8.78 Å². The normalized spacial score (nSPS) is 16.3. The standard InChI is InChI=1S/C12H11F2N7/c13-9-2-1-7(3-10(9)14)5-21-11(17-6-19-21)8-4-18-20-12(8,15)16/h1-4,6H,5,15-16H2. The number of hydrogen-bond acceptors (Lipinski definition) is 6. The number of nitrogens with two attached hydrogens (primary N) is 2. The van der Waals surface area contributed by atoms with E-state index in [2.05, 4.69) is 20.3 Å². The van der Waals surface area contributed by atoms with Crippen LogP contribution in [0.5, 0.6) is 0 Å². The highest BCUT2D eigenvalue weighted by Crippen LogP contribution is 2.26. The molecular formula is C12H11F2N7. The van der Waals surface area contributed by atoms with Gasteiger partial charge in [-0.3, -0.25) is 11.5 Å². The van der Waals surface area contributed by atoms with E-state index in [0.29, 0.717) is 17.0 Å². The number of halogens is 2. The number of nitrogens with zero attached hydrogens (tertiary/aromatic N) is 5. The van der Waals surface area contributed by atoms with Gasteiger partial charge in [-0.2, -0.15) is 10.2 Å². The van der Waals surface area contributed by atoms with E-state index in [4.69, 9.17) is 11.5 Å². The third-order valence-electron chi connectivity index (χ3n) is 3.01. The van der Waals surface area contributed by atoms with Crippen molar-refractivity contribution in [1.82, 2.24) is 14.8 Å². The maximum Gasteiger partial charge on any atom is 0.211 e. The fourth-order valence-electron chi connectivity index (χ4n) is 1.98. The molecule has 3 rings (SSSR count). The molecule has 0 amide bonds. The molecule has 0 spiro atoms. The van der Waals surface area contributed by atoms with E-state index in [1.807, 2.05) is 0 Å². The molecule has 0 aliphatic carbocycles. The fourth-order valence-corrected chi connectivity index (χ4v) is 1.98. The summed E-state index contributed by atoms with van der Waals surface area (Å²) in [5.74, 6) is -2.93. The first-order valence-electron chi connectivity index (χ1n) is 6.00. The van der Waals surface area contributed by atoms with Gasteiger partial charge in [0.1, 0.15) is 6.33 Å². The summed E-state index contributed by atoms with van der Waals surface area (Å²) in [5, 5.41) is 11.4. The van der Waals surface area contributed by atoms with Gasteiger partial charge in [-0.1, -0.05) is 6.07 Å². The lowest BCUT2D eigenvalue weighted by Gasteiger charge is -2.17. The highest BCUT2D eigenvalue weighted by Gasteiger charge is 2.32. The van der Waals surface area contributed by atoms with Crippen molar-refractivity contribution in [1.29, 1.82) is 0 Å². The Labute approximate surface area is 118 Å². The quantitative estimate of drug-likeness (QED) is 0.822. The second kappa shape index (κ2) is 4.79. The molecule has 0 unspecified atom stereocenters. The molecule has 0 fully saturated rings. The van der Waals surface area contributed by atoms with E-state index in [0.717, 1.165) is 12.1 Å². The molecule has 1 aromatic heterocycles. The van der Waals surface area contributed by atoms with Crippen molar-refractivity contribution in [3.63, 3.8) is 0 Å². The van der Waals surface area contributed by atoms with Gasteiger partial charge in [0.05, 0.1) is 18.3 Å². The minimum Gasteiger partial charge on any atom is -0.289 e. The third-order valence-corrected chi connectivity index (χ3v) is 3.01. The van der Waals surface area contributed by atoms with E-state index in [9.17, 15) is 8.78 Å². The third kappa shape index (κ3) is 2.43. The van der Waals surface area contributed by atoms with Gasteiger partial charge in [0, 0.05) is 0 Å². The average molecular weight is 291 g/mol. The number of benzene rings is 1. The molecule has 0 bridgehead atoms. The van der Waals surface area contributed by atoms with Crippen LogP contribution in [0.25, 0.3) is 5.57 Å². The minimum atomic E-state index is -1.47. The molecule has 1 aliphatic rings. The van der Waals surface area contributed by atoms with E-state index >= 15 is 0 Å². The van der Waals surface area contributed by atoms with Gasteiger partial charge in [-0.25, -0.2) is 18.4 Å². The van der Waals surface area contributed by atoms with Crippen LogP contribution in [0.2, 0.25) is 0 Å². The molecule has 1 aliphatic heterocycles. The number of azo groups is 1. The lowest BCUT2D eigenvalue weighted by molar-refractivity contribution is 0.505. The summed E-state index contributed by atoms with van der Waals surface area (Å²) >= 11 is 0. The van der Waals surface area contributed by atoms with Crippen molar-refractivity contribution in [2.24, 2.45) is 21.7 Å². The smallest absolute Gasteiger partial charge is 0.211 e. The van der Waals surface area contributed by atoms with Crippen LogP contribution in [0.15, 0.2) is 41.0 Å². The Kier molecular flexibility index (Phi) is 3.07. The predicted molar refractivity (Wildman–Crippen MR) is 69.4 cm³/mol.